The fraction of sp³-hybridized carbons (Fsp3) is 0.222. The highest BCUT2D eigenvalue weighted by Crippen LogP contribution is 2.16. The standard InChI is InChI=1S/C9H10N2O/c1-6-11-8-4-7(5-10)2-3-9(8)12-6/h2-4H,5,10H2,1H3. The summed E-state index contributed by atoms with van der Waals surface area (Å²) in [6.45, 7) is 2.38. The maximum atomic E-state index is 5.49. The molecule has 0 amide bonds. The van der Waals surface area contributed by atoms with Crippen molar-refractivity contribution in [3.8, 4) is 0 Å². The second-order valence-corrected chi connectivity index (χ2v) is 2.74. The molecule has 12 heavy (non-hydrogen) atoms. The first-order valence-corrected chi connectivity index (χ1v) is 3.86. The molecule has 2 aromatic rings. The molecular weight excluding hydrogens is 152 g/mol. The van der Waals surface area contributed by atoms with Gasteiger partial charge in [0.15, 0.2) is 11.5 Å². The highest BCUT2D eigenvalue weighted by Gasteiger charge is 2.01. The van der Waals surface area contributed by atoms with Gasteiger partial charge in [-0.3, -0.25) is 0 Å². The Bertz CT molecular complexity index is 406. The fourth-order valence-corrected chi connectivity index (χ4v) is 1.22. The van der Waals surface area contributed by atoms with Gasteiger partial charge in [0.1, 0.15) is 5.52 Å². The van der Waals surface area contributed by atoms with E-state index in [2.05, 4.69) is 4.98 Å². The maximum absolute atomic E-state index is 5.49. The largest absolute Gasteiger partial charge is 0.441 e. The van der Waals surface area contributed by atoms with E-state index in [0.29, 0.717) is 12.4 Å². The molecule has 1 heterocycles. The van der Waals surface area contributed by atoms with Crippen molar-refractivity contribution in [2.45, 2.75) is 13.5 Å². The molecule has 0 aliphatic heterocycles. The van der Waals surface area contributed by atoms with Crippen molar-refractivity contribution in [1.82, 2.24) is 4.98 Å². The summed E-state index contributed by atoms with van der Waals surface area (Å²) in [7, 11) is 0. The number of hydrogen-bond donors (Lipinski definition) is 1. The molecule has 0 atom stereocenters. The second kappa shape index (κ2) is 2.60. The number of nitrogens with zero attached hydrogens (tertiary/aromatic N) is 1. The number of fused-ring (bicyclic) bond motifs is 1. The van der Waals surface area contributed by atoms with Gasteiger partial charge in [-0.1, -0.05) is 6.07 Å². The molecule has 3 heteroatoms. The molecule has 0 radical (unpaired) electrons. The zero-order valence-corrected chi connectivity index (χ0v) is 6.87. The topological polar surface area (TPSA) is 52.0 Å². The van der Waals surface area contributed by atoms with Crippen LogP contribution in [-0.4, -0.2) is 4.98 Å². The van der Waals surface area contributed by atoms with E-state index in [0.717, 1.165) is 16.7 Å². The molecular formula is C9H10N2O. The Morgan fingerprint density at radius 1 is 1.50 bits per heavy atom. The van der Waals surface area contributed by atoms with Gasteiger partial charge in [0.2, 0.25) is 0 Å². The average Bonchev–Trinajstić information content (AvgIpc) is 2.43. The molecule has 2 N–H and O–H groups in total. The number of aromatic nitrogens is 1. The first-order chi connectivity index (χ1) is 5.79. The molecule has 0 spiro atoms. The maximum Gasteiger partial charge on any atom is 0.192 e. The minimum atomic E-state index is 0.543. The summed E-state index contributed by atoms with van der Waals surface area (Å²) < 4.78 is 5.32. The Labute approximate surface area is 70.2 Å². The summed E-state index contributed by atoms with van der Waals surface area (Å²) in [4.78, 5) is 4.20. The third-order valence-electron chi connectivity index (χ3n) is 1.79. The Morgan fingerprint density at radius 2 is 2.33 bits per heavy atom. The number of aryl methyl sites for hydroxylation is 1. The number of rotatable bonds is 1. The van der Waals surface area contributed by atoms with Crippen molar-refractivity contribution in [3.05, 3.63) is 29.7 Å². The molecule has 0 fully saturated rings. The van der Waals surface area contributed by atoms with Crippen LogP contribution in [0.15, 0.2) is 22.6 Å². The molecule has 0 unspecified atom stereocenters. The van der Waals surface area contributed by atoms with Crippen LogP contribution in [0, 0.1) is 6.92 Å². The van der Waals surface area contributed by atoms with Gasteiger partial charge in [0.25, 0.3) is 0 Å². The fourth-order valence-electron chi connectivity index (χ4n) is 1.22. The van der Waals surface area contributed by atoms with E-state index in [4.69, 9.17) is 10.2 Å². The first kappa shape index (κ1) is 7.31. The molecule has 0 saturated carbocycles. The number of oxazole rings is 1. The van der Waals surface area contributed by atoms with E-state index in [-0.39, 0.29) is 0 Å². The van der Waals surface area contributed by atoms with Crippen LogP contribution in [0.25, 0.3) is 11.1 Å². The Kier molecular flexibility index (Phi) is 1.59. The Hall–Kier alpha value is -1.35. The minimum absolute atomic E-state index is 0.543. The summed E-state index contributed by atoms with van der Waals surface area (Å²) >= 11 is 0. The SMILES string of the molecule is Cc1nc2cc(CN)ccc2o1. The van der Waals surface area contributed by atoms with Crippen LogP contribution in [0.1, 0.15) is 11.5 Å². The first-order valence-electron chi connectivity index (χ1n) is 3.86. The van der Waals surface area contributed by atoms with Crippen molar-refractivity contribution in [2.75, 3.05) is 0 Å². The van der Waals surface area contributed by atoms with Crippen LogP contribution in [0.4, 0.5) is 0 Å². The van der Waals surface area contributed by atoms with Gasteiger partial charge >= 0.3 is 0 Å². The van der Waals surface area contributed by atoms with E-state index in [1.165, 1.54) is 0 Å². The molecule has 2 rings (SSSR count). The predicted molar refractivity (Wildman–Crippen MR) is 46.6 cm³/mol. The minimum Gasteiger partial charge on any atom is -0.441 e. The highest BCUT2D eigenvalue weighted by atomic mass is 16.3. The van der Waals surface area contributed by atoms with E-state index in [1.807, 2.05) is 25.1 Å². The lowest BCUT2D eigenvalue weighted by molar-refractivity contribution is 0.561. The molecule has 0 aliphatic rings. The Morgan fingerprint density at radius 3 is 3.08 bits per heavy atom. The van der Waals surface area contributed by atoms with Gasteiger partial charge in [0, 0.05) is 13.5 Å². The van der Waals surface area contributed by atoms with Crippen LogP contribution >= 0.6 is 0 Å². The Balaban J connectivity index is 2.66. The normalized spacial score (nSPS) is 10.8. The smallest absolute Gasteiger partial charge is 0.192 e. The molecule has 0 bridgehead atoms. The van der Waals surface area contributed by atoms with Gasteiger partial charge in [-0.15, -0.1) is 0 Å². The van der Waals surface area contributed by atoms with Crippen LogP contribution in [0.2, 0.25) is 0 Å². The molecule has 0 saturated heterocycles. The van der Waals surface area contributed by atoms with Crippen molar-refractivity contribution in [2.24, 2.45) is 5.73 Å². The van der Waals surface area contributed by atoms with Crippen molar-refractivity contribution < 1.29 is 4.42 Å². The van der Waals surface area contributed by atoms with Crippen molar-refractivity contribution in [1.29, 1.82) is 0 Å². The van der Waals surface area contributed by atoms with Gasteiger partial charge in [-0.05, 0) is 17.7 Å². The molecule has 3 nitrogen and oxygen atoms in total. The second-order valence-electron chi connectivity index (χ2n) is 2.74. The van der Waals surface area contributed by atoms with Crippen LogP contribution in [-0.2, 0) is 6.54 Å². The molecule has 1 aromatic heterocycles. The number of benzene rings is 1. The number of nitrogens with two attached hydrogens (primary N) is 1. The monoisotopic (exact) mass is 162 g/mol. The third kappa shape index (κ3) is 1.08. The summed E-state index contributed by atoms with van der Waals surface area (Å²) in [5.41, 5.74) is 8.28. The summed E-state index contributed by atoms with van der Waals surface area (Å²) in [5.74, 6) is 0.694. The molecule has 1 aromatic carbocycles. The summed E-state index contributed by atoms with van der Waals surface area (Å²) in [5, 5.41) is 0. The number of hydrogen-bond acceptors (Lipinski definition) is 3. The van der Waals surface area contributed by atoms with Crippen LogP contribution in [0.5, 0.6) is 0 Å². The van der Waals surface area contributed by atoms with Gasteiger partial charge in [-0.2, -0.15) is 0 Å². The van der Waals surface area contributed by atoms with E-state index >= 15 is 0 Å². The van der Waals surface area contributed by atoms with Crippen molar-refractivity contribution >= 4 is 11.1 Å². The van der Waals surface area contributed by atoms with Gasteiger partial charge < -0.3 is 10.2 Å². The van der Waals surface area contributed by atoms with Crippen LogP contribution in [0.3, 0.4) is 0 Å². The lowest BCUT2D eigenvalue weighted by Gasteiger charge is -1.92. The van der Waals surface area contributed by atoms with Crippen molar-refractivity contribution in [3.63, 3.8) is 0 Å². The zero-order valence-electron chi connectivity index (χ0n) is 6.87. The van der Waals surface area contributed by atoms with E-state index in [1.54, 1.807) is 0 Å². The third-order valence-corrected chi connectivity index (χ3v) is 1.79. The lowest BCUT2D eigenvalue weighted by Crippen LogP contribution is -1.94. The van der Waals surface area contributed by atoms with Gasteiger partial charge in [0.05, 0.1) is 0 Å². The molecule has 0 aliphatic carbocycles. The van der Waals surface area contributed by atoms with Crippen LogP contribution < -0.4 is 5.73 Å². The zero-order chi connectivity index (χ0) is 8.55. The average molecular weight is 162 g/mol. The van der Waals surface area contributed by atoms with Gasteiger partial charge in [-0.25, -0.2) is 4.98 Å². The highest BCUT2D eigenvalue weighted by molar-refractivity contribution is 5.73. The predicted octanol–water partition coefficient (Wildman–Crippen LogP) is 1.59. The van der Waals surface area contributed by atoms with E-state index in [9.17, 15) is 0 Å². The lowest BCUT2D eigenvalue weighted by atomic mass is 10.2. The summed E-state index contributed by atoms with van der Waals surface area (Å²) in [6.07, 6.45) is 0. The molecule has 62 valence electrons. The van der Waals surface area contributed by atoms with E-state index < -0.39 is 0 Å². The summed E-state index contributed by atoms with van der Waals surface area (Å²) in [6, 6.07) is 5.80. The quantitative estimate of drug-likeness (QED) is 0.692.